The molecule has 0 aromatic rings. The summed E-state index contributed by atoms with van der Waals surface area (Å²) in [5, 5.41) is 3.78. The van der Waals surface area contributed by atoms with Crippen LogP contribution in [0.4, 0.5) is 0 Å². The van der Waals surface area contributed by atoms with Crippen LogP contribution < -0.4 is 11.4 Å². The molecule has 7 heavy (non-hydrogen) atoms. The van der Waals surface area contributed by atoms with E-state index in [0.29, 0.717) is 0 Å². The molecule has 0 spiro atoms. The second-order valence-corrected chi connectivity index (χ2v) is 2.04. The molecule has 3 nitrogen and oxygen atoms in total. The van der Waals surface area contributed by atoms with Crippen LogP contribution in [0.25, 0.3) is 0 Å². The third kappa shape index (κ3) is 1.09. The van der Waals surface area contributed by atoms with Gasteiger partial charge >= 0.3 is 0 Å². The smallest absolute Gasteiger partial charge is 0.0846 e. The van der Waals surface area contributed by atoms with E-state index in [0.717, 1.165) is 5.88 Å². The molecule has 0 aromatic carbocycles. The predicted molar refractivity (Wildman–Crippen MR) is 30.8 cm³/mol. The lowest BCUT2D eigenvalue weighted by molar-refractivity contribution is 0.328. The molecule has 1 aliphatic rings. The molecule has 0 saturated carbocycles. The second kappa shape index (κ2) is 2.20. The van der Waals surface area contributed by atoms with E-state index in [9.17, 15) is 0 Å². The standard InChI is InChI=1S/C3H7N3S/c4-5-6-1-2-7-3-6/h1-2,5H,3-4H2. The largest absolute Gasteiger partial charge is 0.292 e. The van der Waals surface area contributed by atoms with Gasteiger partial charge in [0.25, 0.3) is 0 Å². The summed E-state index contributed by atoms with van der Waals surface area (Å²) in [6.45, 7) is 0. The Hall–Kier alpha value is -0.190. The highest BCUT2D eigenvalue weighted by Crippen LogP contribution is 2.10. The summed E-state index contributed by atoms with van der Waals surface area (Å²) in [5.41, 5.74) is 2.49. The van der Waals surface area contributed by atoms with Crippen molar-refractivity contribution in [1.82, 2.24) is 10.5 Å². The maximum atomic E-state index is 5.05. The van der Waals surface area contributed by atoms with E-state index in [-0.39, 0.29) is 0 Å². The number of nitrogens with one attached hydrogen (secondary N) is 1. The molecule has 1 rings (SSSR count). The van der Waals surface area contributed by atoms with Crippen LogP contribution in [-0.2, 0) is 0 Å². The molecular weight excluding hydrogens is 110 g/mol. The van der Waals surface area contributed by atoms with Crippen LogP contribution in [0, 0.1) is 0 Å². The lowest BCUT2D eigenvalue weighted by atomic mass is 11.0. The maximum absolute atomic E-state index is 5.05. The van der Waals surface area contributed by atoms with Crippen LogP contribution in [0.15, 0.2) is 11.6 Å². The van der Waals surface area contributed by atoms with Gasteiger partial charge in [0.2, 0.25) is 0 Å². The highest BCUT2D eigenvalue weighted by Gasteiger charge is 1.98. The lowest BCUT2D eigenvalue weighted by Gasteiger charge is -2.09. The minimum absolute atomic E-state index is 0.913. The summed E-state index contributed by atoms with van der Waals surface area (Å²) in [7, 11) is 0. The lowest BCUT2D eigenvalue weighted by Crippen LogP contribution is -2.36. The Kier molecular flexibility index (Phi) is 1.56. The number of rotatable bonds is 1. The van der Waals surface area contributed by atoms with Crippen LogP contribution in [0.5, 0.6) is 0 Å². The van der Waals surface area contributed by atoms with Gasteiger partial charge in [-0.15, -0.1) is 11.8 Å². The van der Waals surface area contributed by atoms with Crippen LogP contribution in [0.2, 0.25) is 0 Å². The molecule has 3 N–H and O–H groups in total. The van der Waals surface area contributed by atoms with E-state index in [2.05, 4.69) is 5.53 Å². The number of hydrogen-bond donors (Lipinski definition) is 2. The van der Waals surface area contributed by atoms with Crippen molar-refractivity contribution in [3.63, 3.8) is 0 Å². The number of thioether (sulfide) groups is 1. The van der Waals surface area contributed by atoms with E-state index in [4.69, 9.17) is 5.84 Å². The number of hydrazine groups is 2. The minimum Gasteiger partial charge on any atom is -0.292 e. The normalized spacial score (nSPS) is 18.7. The Labute approximate surface area is 46.5 Å². The monoisotopic (exact) mass is 117 g/mol. The van der Waals surface area contributed by atoms with Crippen molar-refractivity contribution in [3.8, 4) is 0 Å². The van der Waals surface area contributed by atoms with E-state index < -0.39 is 0 Å². The van der Waals surface area contributed by atoms with Crippen molar-refractivity contribution >= 4 is 11.8 Å². The van der Waals surface area contributed by atoms with Gasteiger partial charge in [0.05, 0.1) is 5.88 Å². The Balaban J connectivity index is 2.28. The first-order chi connectivity index (χ1) is 3.43. The molecule has 0 aromatic heterocycles. The fourth-order valence-electron chi connectivity index (χ4n) is 0.363. The van der Waals surface area contributed by atoms with Crippen molar-refractivity contribution < 1.29 is 0 Å². The summed E-state index contributed by atoms with van der Waals surface area (Å²) >= 11 is 1.71. The van der Waals surface area contributed by atoms with Gasteiger partial charge in [-0.1, -0.05) is 0 Å². The fourth-order valence-corrected chi connectivity index (χ4v) is 1.00. The Morgan fingerprint density at radius 2 is 2.71 bits per heavy atom. The highest BCUT2D eigenvalue weighted by atomic mass is 32.2. The first kappa shape index (κ1) is 4.96. The van der Waals surface area contributed by atoms with Gasteiger partial charge in [-0.2, -0.15) is 5.53 Å². The number of nitrogens with two attached hydrogens (primary N) is 1. The number of nitrogens with zero attached hydrogens (tertiary/aromatic N) is 1. The van der Waals surface area contributed by atoms with E-state index in [1.165, 1.54) is 0 Å². The SMILES string of the molecule is NNN1C=CSC1. The molecule has 0 atom stereocenters. The van der Waals surface area contributed by atoms with Crippen molar-refractivity contribution in [2.24, 2.45) is 5.84 Å². The molecule has 0 aliphatic carbocycles. The summed E-state index contributed by atoms with van der Waals surface area (Å²) in [5.74, 6) is 5.96. The Bertz CT molecular complexity index is 82.2. The zero-order valence-corrected chi connectivity index (χ0v) is 4.61. The van der Waals surface area contributed by atoms with Gasteiger partial charge in [0.15, 0.2) is 0 Å². The van der Waals surface area contributed by atoms with Crippen LogP contribution in [0.1, 0.15) is 0 Å². The van der Waals surface area contributed by atoms with Crippen LogP contribution >= 0.6 is 11.8 Å². The third-order valence-corrected chi connectivity index (χ3v) is 1.46. The van der Waals surface area contributed by atoms with Gasteiger partial charge in [-0.25, -0.2) is 0 Å². The van der Waals surface area contributed by atoms with Gasteiger partial charge in [-0.05, 0) is 5.41 Å². The average Bonchev–Trinajstić information content (AvgIpc) is 2.14. The molecule has 0 amide bonds. The fraction of sp³-hybridized carbons (Fsp3) is 0.333. The zero-order valence-electron chi connectivity index (χ0n) is 3.79. The van der Waals surface area contributed by atoms with Gasteiger partial charge in [0, 0.05) is 6.20 Å². The number of hydrogen-bond acceptors (Lipinski definition) is 4. The zero-order chi connectivity index (χ0) is 5.11. The average molecular weight is 117 g/mol. The molecule has 0 bridgehead atoms. The molecule has 0 saturated heterocycles. The van der Waals surface area contributed by atoms with E-state index in [1.807, 2.05) is 11.6 Å². The molecular formula is C3H7N3S. The van der Waals surface area contributed by atoms with Crippen LogP contribution in [-0.4, -0.2) is 10.9 Å². The first-order valence-corrected chi connectivity index (χ1v) is 2.99. The Morgan fingerprint density at radius 1 is 1.86 bits per heavy atom. The van der Waals surface area contributed by atoms with E-state index >= 15 is 0 Å². The molecule has 1 aliphatic heterocycles. The molecule has 0 radical (unpaired) electrons. The Morgan fingerprint density at radius 3 is 3.00 bits per heavy atom. The molecule has 4 heteroatoms. The molecule has 1 heterocycles. The molecule has 0 unspecified atom stereocenters. The van der Waals surface area contributed by atoms with Gasteiger partial charge in [0.1, 0.15) is 0 Å². The molecule has 0 fully saturated rings. The predicted octanol–water partition coefficient (Wildman–Crippen LogP) is -0.158. The molecule has 40 valence electrons. The first-order valence-electron chi connectivity index (χ1n) is 1.94. The summed E-state index contributed by atoms with van der Waals surface area (Å²) in [6, 6.07) is 0. The van der Waals surface area contributed by atoms with Gasteiger partial charge < -0.3 is 0 Å². The van der Waals surface area contributed by atoms with Crippen molar-refractivity contribution in [1.29, 1.82) is 0 Å². The topological polar surface area (TPSA) is 41.3 Å². The van der Waals surface area contributed by atoms with Crippen LogP contribution in [0.3, 0.4) is 0 Å². The summed E-state index contributed by atoms with van der Waals surface area (Å²) in [6.07, 6.45) is 1.89. The third-order valence-electron chi connectivity index (χ3n) is 0.716. The van der Waals surface area contributed by atoms with Crippen molar-refractivity contribution in [2.45, 2.75) is 0 Å². The quantitative estimate of drug-likeness (QED) is 0.370. The van der Waals surface area contributed by atoms with E-state index in [1.54, 1.807) is 16.8 Å². The maximum Gasteiger partial charge on any atom is 0.0846 e. The summed E-state index contributed by atoms with van der Waals surface area (Å²) in [4.78, 5) is 0. The highest BCUT2D eigenvalue weighted by molar-refractivity contribution is 8.02. The van der Waals surface area contributed by atoms with Crippen molar-refractivity contribution in [2.75, 3.05) is 5.88 Å². The van der Waals surface area contributed by atoms with Gasteiger partial charge in [-0.3, -0.25) is 10.9 Å². The van der Waals surface area contributed by atoms with Crippen molar-refractivity contribution in [3.05, 3.63) is 11.6 Å². The second-order valence-electron chi connectivity index (χ2n) is 1.18. The summed E-state index contributed by atoms with van der Waals surface area (Å²) < 4.78 is 0. The minimum atomic E-state index is 0.913.